The molecule has 0 aliphatic heterocycles. The number of ether oxygens (including phenoxy) is 1. The number of fused-ring (bicyclic) bond motifs is 1. The summed E-state index contributed by atoms with van der Waals surface area (Å²) in [5.74, 6) is 1.49. The van der Waals surface area contributed by atoms with Gasteiger partial charge in [0.05, 0.1) is 27.2 Å². The third-order valence-electron chi connectivity index (χ3n) is 9.42. The summed E-state index contributed by atoms with van der Waals surface area (Å²) in [6, 6.07) is 11.2. The minimum absolute atomic E-state index is 0.00495. The van der Waals surface area contributed by atoms with E-state index in [0.29, 0.717) is 58.0 Å². The lowest BCUT2D eigenvalue weighted by Crippen LogP contribution is -2.37. The van der Waals surface area contributed by atoms with E-state index >= 15 is 0 Å². The number of rotatable bonds is 19. The number of aromatic amines is 1. The second kappa shape index (κ2) is 18.6. The van der Waals surface area contributed by atoms with E-state index in [9.17, 15) is 18.0 Å². The highest BCUT2D eigenvalue weighted by molar-refractivity contribution is 7.92. The molecule has 11 heteroatoms. The highest BCUT2D eigenvalue weighted by Gasteiger charge is 2.31. The molecular formula is C37H53ClN4O5S. The van der Waals surface area contributed by atoms with Crippen LogP contribution >= 0.6 is 11.6 Å². The number of hydrogen-bond donors (Lipinski definition) is 4. The second-order valence-electron chi connectivity index (χ2n) is 13.6. The summed E-state index contributed by atoms with van der Waals surface area (Å²) in [7, 11) is -3.93. The largest absolute Gasteiger partial charge is 0.368 e. The van der Waals surface area contributed by atoms with Crippen LogP contribution in [0.4, 0.5) is 5.69 Å². The van der Waals surface area contributed by atoms with Crippen LogP contribution in [0.3, 0.4) is 0 Å². The highest BCUT2D eigenvalue weighted by Crippen LogP contribution is 2.35. The zero-order chi connectivity index (χ0) is 34.5. The van der Waals surface area contributed by atoms with E-state index in [-0.39, 0.29) is 29.4 Å². The summed E-state index contributed by atoms with van der Waals surface area (Å²) >= 11 is 6.17. The molecule has 0 bridgehead atoms. The van der Waals surface area contributed by atoms with Crippen molar-refractivity contribution >= 4 is 50.0 Å². The number of sulfonamides is 1. The average molecular weight is 701 g/mol. The lowest BCUT2D eigenvalue weighted by atomic mass is 9.75. The predicted molar refractivity (Wildman–Crippen MR) is 194 cm³/mol. The van der Waals surface area contributed by atoms with Gasteiger partial charge in [0.2, 0.25) is 5.91 Å². The lowest BCUT2D eigenvalue weighted by molar-refractivity contribution is -0.131. The molecule has 0 radical (unpaired) electrons. The van der Waals surface area contributed by atoms with Crippen LogP contribution in [0, 0.1) is 17.8 Å². The van der Waals surface area contributed by atoms with Crippen molar-refractivity contribution in [1.82, 2.24) is 15.6 Å². The van der Waals surface area contributed by atoms with Gasteiger partial charge in [-0.15, -0.1) is 0 Å². The van der Waals surface area contributed by atoms with Crippen molar-refractivity contribution in [2.75, 3.05) is 24.4 Å². The van der Waals surface area contributed by atoms with Crippen LogP contribution in [0.2, 0.25) is 5.02 Å². The Balaban J connectivity index is 1.04. The number of amides is 2. The molecule has 4 N–H and O–H groups in total. The van der Waals surface area contributed by atoms with Crippen LogP contribution in [-0.2, 0) is 19.6 Å². The zero-order valence-electron chi connectivity index (χ0n) is 28.7. The maximum absolute atomic E-state index is 13.1. The highest BCUT2D eigenvalue weighted by atomic mass is 35.5. The molecule has 1 saturated carbocycles. The van der Waals surface area contributed by atoms with Crippen molar-refractivity contribution in [2.45, 2.75) is 102 Å². The summed E-state index contributed by atoms with van der Waals surface area (Å²) in [5, 5.41) is 7.14. The van der Waals surface area contributed by atoms with Crippen molar-refractivity contribution < 1.29 is 22.7 Å². The number of anilines is 1. The van der Waals surface area contributed by atoms with Crippen molar-refractivity contribution in [3.05, 3.63) is 59.2 Å². The summed E-state index contributed by atoms with van der Waals surface area (Å²) in [6.07, 6.45) is 13.8. The van der Waals surface area contributed by atoms with Gasteiger partial charge >= 0.3 is 0 Å². The average Bonchev–Trinajstić information content (AvgIpc) is 3.45. The summed E-state index contributed by atoms with van der Waals surface area (Å²) in [4.78, 5) is 28.0. The number of carbonyl (C=O) groups is 2. The molecular weight excluding hydrogens is 648 g/mol. The molecule has 264 valence electrons. The molecule has 3 atom stereocenters. The van der Waals surface area contributed by atoms with Gasteiger partial charge in [-0.3, -0.25) is 14.3 Å². The number of unbranched alkanes of at least 4 members (excludes halogenated alkanes) is 7. The SMILES string of the molecule is CC(C)[C@@H]1CC[C@@H](C)C[C@H]1OCC(=O)NCCCCCCCCCCNC(=O)c1cccc(S(=O)(=O)Nc2cccc3c(Cl)c[nH]c23)c1. The molecule has 0 unspecified atom stereocenters. The number of H-pyrrole nitrogens is 1. The van der Waals surface area contributed by atoms with Gasteiger partial charge in [0.1, 0.15) is 6.61 Å². The van der Waals surface area contributed by atoms with Crippen LogP contribution in [-0.4, -0.2) is 51.0 Å². The molecule has 1 aromatic heterocycles. The lowest BCUT2D eigenvalue weighted by Gasteiger charge is -2.37. The first-order valence-electron chi connectivity index (χ1n) is 17.6. The van der Waals surface area contributed by atoms with E-state index in [1.807, 2.05) is 0 Å². The molecule has 2 aromatic carbocycles. The smallest absolute Gasteiger partial charge is 0.261 e. The van der Waals surface area contributed by atoms with Crippen LogP contribution < -0.4 is 15.4 Å². The van der Waals surface area contributed by atoms with Gasteiger partial charge < -0.3 is 20.4 Å². The molecule has 1 fully saturated rings. The van der Waals surface area contributed by atoms with Crippen molar-refractivity contribution in [3.8, 4) is 0 Å². The minimum atomic E-state index is -3.93. The third kappa shape index (κ3) is 11.2. The molecule has 1 heterocycles. The van der Waals surface area contributed by atoms with E-state index in [0.717, 1.165) is 57.8 Å². The van der Waals surface area contributed by atoms with Crippen LogP contribution in [0.5, 0.6) is 0 Å². The first kappa shape index (κ1) is 37.7. The Bertz CT molecular complexity index is 1590. The number of nitrogens with one attached hydrogen (secondary N) is 4. The van der Waals surface area contributed by atoms with Crippen molar-refractivity contribution in [1.29, 1.82) is 0 Å². The van der Waals surface area contributed by atoms with E-state index in [1.165, 1.54) is 25.0 Å². The molecule has 2 amide bonds. The van der Waals surface area contributed by atoms with Crippen LogP contribution in [0.15, 0.2) is 53.6 Å². The monoisotopic (exact) mass is 700 g/mol. The number of halogens is 1. The number of hydrogen-bond acceptors (Lipinski definition) is 5. The Morgan fingerprint density at radius 3 is 2.31 bits per heavy atom. The van der Waals surface area contributed by atoms with Gasteiger partial charge in [0.25, 0.3) is 15.9 Å². The first-order chi connectivity index (χ1) is 23.0. The molecule has 1 aliphatic rings. The molecule has 4 rings (SSSR count). The standard InChI is InChI=1S/C37H53ClN4O5S/c1-26(2)30-19-18-27(3)22-34(30)47-25-35(43)39-20-10-8-6-4-5-7-9-11-21-40-37(44)28-14-12-15-29(23-28)48(45,46)42-33-17-13-16-31-32(38)24-41-36(31)33/h12-17,23-24,26-27,30,34,41-42H,4-11,18-22,25H2,1-3H3,(H,39,43)(H,40,44)/t27-,30+,34-/m1/s1. The van der Waals surface area contributed by atoms with Gasteiger partial charge in [-0.1, -0.05) is 95.5 Å². The fourth-order valence-corrected chi connectivity index (χ4v) is 7.93. The van der Waals surface area contributed by atoms with Gasteiger partial charge in [-0.2, -0.15) is 0 Å². The maximum atomic E-state index is 13.1. The van der Waals surface area contributed by atoms with Gasteiger partial charge in [0, 0.05) is 30.2 Å². The van der Waals surface area contributed by atoms with Gasteiger partial charge in [0.15, 0.2) is 0 Å². The number of aromatic nitrogens is 1. The van der Waals surface area contributed by atoms with E-state index in [2.05, 4.69) is 41.1 Å². The second-order valence-corrected chi connectivity index (χ2v) is 15.7. The third-order valence-corrected chi connectivity index (χ3v) is 11.1. The molecule has 9 nitrogen and oxygen atoms in total. The molecule has 1 aliphatic carbocycles. The van der Waals surface area contributed by atoms with Crippen molar-refractivity contribution in [2.24, 2.45) is 17.8 Å². The minimum Gasteiger partial charge on any atom is -0.368 e. The fraction of sp³-hybridized carbons (Fsp3) is 0.568. The number of carbonyl (C=O) groups excluding carboxylic acids is 2. The van der Waals surface area contributed by atoms with E-state index in [1.54, 1.807) is 36.5 Å². The van der Waals surface area contributed by atoms with Crippen LogP contribution in [0.25, 0.3) is 10.9 Å². The Morgan fingerprint density at radius 2 is 1.60 bits per heavy atom. The molecule has 48 heavy (non-hydrogen) atoms. The summed E-state index contributed by atoms with van der Waals surface area (Å²) in [6.45, 7) is 8.17. The molecule has 0 saturated heterocycles. The first-order valence-corrected chi connectivity index (χ1v) is 19.5. The Kier molecular flexibility index (Phi) is 14.6. The molecule has 3 aromatic rings. The van der Waals surface area contributed by atoms with Crippen molar-refractivity contribution in [3.63, 3.8) is 0 Å². The Hall–Kier alpha value is -3.08. The van der Waals surface area contributed by atoms with Gasteiger partial charge in [-0.05, 0) is 67.7 Å². The Morgan fingerprint density at radius 1 is 0.938 bits per heavy atom. The summed E-state index contributed by atoms with van der Waals surface area (Å²) in [5.41, 5.74) is 1.26. The zero-order valence-corrected chi connectivity index (χ0v) is 30.2. The maximum Gasteiger partial charge on any atom is 0.261 e. The fourth-order valence-electron chi connectivity index (χ4n) is 6.60. The number of benzene rings is 2. The van der Waals surface area contributed by atoms with E-state index in [4.69, 9.17) is 16.3 Å². The number of para-hydroxylation sites is 1. The topological polar surface area (TPSA) is 129 Å². The van der Waals surface area contributed by atoms with E-state index < -0.39 is 10.0 Å². The molecule has 0 spiro atoms. The van der Waals surface area contributed by atoms with Gasteiger partial charge in [-0.25, -0.2) is 8.42 Å². The quantitative estimate of drug-likeness (QED) is 0.0941. The van der Waals surface area contributed by atoms with Crippen LogP contribution in [0.1, 0.15) is 102 Å². The normalized spacial score (nSPS) is 18.2. The Labute approximate surface area is 291 Å². The predicted octanol–water partition coefficient (Wildman–Crippen LogP) is 8.07. The summed E-state index contributed by atoms with van der Waals surface area (Å²) < 4.78 is 34.9.